The van der Waals surface area contributed by atoms with E-state index in [1.165, 1.54) is 0 Å². The Balaban J connectivity index is 1.97. The molecular formula is C15H15NO3. The Morgan fingerprint density at radius 2 is 1.63 bits per heavy atom. The smallest absolute Gasteiger partial charge is 0.226 e. The van der Waals surface area contributed by atoms with Gasteiger partial charge in [0.15, 0.2) is 0 Å². The lowest BCUT2D eigenvalue weighted by atomic mass is 10.3. The summed E-state index contributed by atoms with van der Waals surface area (Å²) in [6.07, 6.45) is 0.0995. The van der Waals surface area contributed by atoms with Gasteiger partial charge in [-0.3, -0.25) is 4.79 Å². The molecule has 4 nitrogen and oxygen atoms in total. The lowest BCUT2D eigenvalue weighted by molar-refractivity contribution is -0.116. The van der Waals surface area contributed by atoms with Crippen LogP contribution < -0.4 is 10.1 Å². The molecule has 0 heterocycles. The molecule has 4 heteroatoms. The van der Waals surface area contributed by atoms with Gasteiger partial charge in [0.2, 0.25) is 5.91 Å². The number of benzene rings is 2. The van der Waals surface area contributed by atoms with Crippen LogP contribution in [0, 0.1) is 0 Å². The molecular weight excluding hydrogens is 242 g/mol. The average molecular weight is 257 g/mol. The van der Waals surface area contributed by atoms with Crippen molar-refractivity contribution < 1.29 is 14.6 Å². The summed E-state index contributed by atoms with van der Waals surface area (Å²) < 4.78 is 5.63. The third-order valence-electron chi connectivity index (χ3n) is 2.46. The summed E-state index contributed by atoms with van der Waals surface area (Å²) in [6, 6.07) is 16.5. The molecule has 98 valence electrons. The van der Waals surface area contributed by atoms with Crippen molar-refractivity contribution in [3.63, 3.8) is 0 Å². The van der Waals surface area contributed by atoms with E-state index in [0.717, 1.165) is 5.75 Å². The highest BCUT2D eigenvalue weighted by Crippen LogP contribution is 2.22. The third-order valence-corrected chi connectivity index (χ3v) is 2.46. The molecule has 0 saturated heterocycles. The third kappa shape index (κ3) is 4.12. The molecule has 0 unspecified atom stereocenters. The van der Waals surface area contributed by atoms with E-state index in [-0.39, 0.29) is 18.9 Å². The molecule has 2 rings (SSSR count). The lowest BCUT2D eigenvalue weighted by Gasteiger charge is -2.07. The highest BCUT2D eigenvalue weighted by molar-refractivity contribution is 5.90. The van der Waals surface area contributed by atoms with Gasteiger partial charge in [-0.15, -0.1) is 0 Å². The summed E-state index contributed by atoms with van der Waals surface area (Å²) in [5, 5.41) is 11.3. The normalized spacial score (nSPS) is 9.95. The Morgan fingerprint density at radius 3 is 2.26 bits per heavy atom. The molecule has 0 radical (unpaired) electrons. The van der Waals surface area contributed by atoms with Crippen molar-refractivity contribution in [2.45, 2.75) is 6.42 Å². The number of nitrogens with one attached hydrogen (secondary N) is 1. The first-order valence-electron chi connectivity index (χ1n) is 6.01. The SMILES string of the molecule is O=C(CCO)Nc1ccc(Oc2ccccc2)cc1. The van der Waals surface area contributed by atoms with Crippen molar-refractivity contribution in [1.82, 2.24) is 0 Å². The van der Waals surface area contributed by atoms with Crippen LogP contribution in [0.3, 0.4) is 0 Å². The summed E-state index contributed by atoms with van der Waals surface area (Å²) in [5.41, 5.74) is 0.680. The number of amides is 1. The van der Waals surface area contributed by atoms with E-state index in [1.807, 2.05) is 30.3 Å². The van der Waals surface area contributed by atoms with Crippen LogP contribution in [0.15, 0.2) is 54.6 Å². The first-order chi connectivity index (χ1) is 9.28. The second-order valence-electron chi connectivity index (χ2n) is 3.96. The van der Waals surface area contributed by atoms with Gasteiger partial charge in [0.25, 0.3) is 0 Å². The fourth-order valence-corrected chi connectivity index (χ4v) is 1.56. The second kappa shape index (κ2) is 6.56. The number of carbonyl (C=O) groups is 1. The van der Waals surface area contributed by atoms with Crippen LogP contribution in [0.25, 0.3) is 0 Å². The number of rotatable bonds is 5. The maximum atomic E-state index is 11.3. The van der Waals surface area contributed by atoms with Crippen molar-refractivity contribution in [3.05, 3.63) is 54.6 Å². The Labute approximate surface area is 111 Å². The molecule has 2 N–H and O–H groups in total. The van der Waals surface area contributed by atoms with Crippen LogP contribution in [-0.4, -0.2) is 17.6 Å². The van der Waals surface area contributed by atoms with Crippen LogP contribution >= 0.6 is 0 Å². The van der Waals surface area contributed by atoms with E-state index in [1.54, 1.807) is 24.3 Å². The summed E-state index contributed by atoms with van der Waals surface area (Å²) in [4.78, 5) is 11.3. The zero-order valence-corrected chi connectivity index (χ0v) is 10.4. The van der Waals surface area contributed by atoms with E-state index < -0.39 is 0 Å². The predicted octanol–water partition coefficient (Wildman–Crippen LogP) is 2.80. The molecule has 2 aromatic rings. The van der Waals surface area contributed by atoms with Crippen LogP contribution in [0.1, 0.15) is 6.42 Å². The van der Waals surface area contributed by atoms with Gasteiger partial charge in [-0.05, 0) is 36.4 Å². The first kappa shape index (κ1) is 13.1. The summed E-state index contributed by atoms with van der Waals surface area (Å²) >= 11 is 0. The van der Waals surface area contributed by atoms with Crippen molar-refractivity contribution in [1.29, 1.82) is 0 Å². The van der Waals surface area contributed by atoms with Gasteiger partial charge < -0.3 is 15.2 Å². The molecule has 2 aromatic carbocycles. The zero-order chi connectivity index (χ0) is 13.5. The number of aliphatic hydroxyl groups excluding tert-OH is 1. The fraction of sp³-hybridized carbons (Fsp3) is 0.133. The molecule has 0 atom stereocenters. The quantitative estimate of drug-likeness (QED) is 0.866. The maximum absolute atomic E-state index is 11.3. The highest BCUT2D eigenvalue weighted by atomic mass is 16.5. The van der Waals surface area contributed by atoms with Crippen LogP contribution in [0.5, 0.6) is 11.5 Å². The minimum Gasteiger partial charge on any atom is -0.457 e. The Kier molecular flexibility index (Phi) is 4.53. The summed E-state index contributed by atoms with van der Waals surface area (Å²) in [5.74, 6) is 1.25. The molecule has 0 spiro atoms. The number of hydrogen-bond donors (Lipinski definition) is 2. The molecule has 0 fully saturated rings. The van der Waals surface area contributed by atoms with Gasteiger partial charge in [0.1, 0.15) is 11.5 Å². The minimum atomic E-state index is -0.209. The van der Waals surface area contributed by atoms with Gasteiger partial charge in [0.05, 0.1) is 13.0 Å². The van der Waals surface area contributed by atoms with Crippen molar-refractivity contribution in [2.75, 3.05) is 11.9 Å². The van der Waals surface area contributed by atoms with Gasteiger partial charge in [-0.25, -0.2) is 0 Å². The van der Waals surface area contributed by atoms with Gasteiger partial charge in [-0.2, -0.15) is 0 Å². The Hall–Kier alpha value is -2.33. The van der Waals surface area contributed by atoms with Crippen LogP contribution in [-0.2, 0) is 4.79 Å². The predicted molar refractivity (Wildman–Crippen MR) is 73.3 cm³/mol. The zero-order valence-electron chi connectivity index (χ0n) is 10.4. The largest absolute Gasteiger partial charge is 0.457 e. The summed E-state index contributed by atoms with van der Waals surface area (Å²) in [6.45, 7) is -0.152. The lowest BCUT2D eigenvalue weighted by Crippen LogP contribution is -2.12. The number of hydrogen-bond acceptors (Lipinski definition) is 3. The Morgan fingerprint density at radius 1 is 1.00 bits per heavy atom. The minimum absolute atomic E-state index is 0.0995. The maximum Gasteiger partial charge on any atom is 0.226 e. The molecule has 0 aliphatic carbocycles. The first-order valence-corrected chi connectivity index (χ1v) is 6.01. The van der Waals surface area contributed by atoms with Gasteiger partial charge in [0, 0.05) is 5.69 Å². The monoisotopic (exact) mass is 257 g/mol. The van der Waals surface area contributed by atoms with Crippen molar-refractivity contribution in [2.24, 2.45) is 0 Å². The van der Waals surface area contributed by atoms with Crippen LogP contribution in [0.4, 0.5) is 5.69 Å². The van der Waals surface area contributed by atoms with Gasteiger partial charge in [-0.1, -0.05) is 18.2 Å². The number of aliphatic hydroxyl groups is 1. The number of ether oxygens (including phenoxy) is 1. The van der Waals surface area contributed by atoms with Gasteiger partial charge >= 0.3 is 0 Å². The number of para-hydroxylation sites is 1. The number of carbonyl (C=O) groups excluding carboxylic acids is 1. The van der Waals surface area contributed by atoms with Crippen molar-refractivity contribution >= 4 is 11.6 Å². The molecule has 0 aliphatic heterocycles. The standard InChI is InChI=1S/C15H15NO3/c17-11-10-15(18)16-12-6-8-14(9-7-12)19-13-4-2-1-3-5-13/h1-9,17H,10-11H2,(H,16,18). The highest BCUT2D eigenvalue weighted by Gasteiger charge is 2.01. The van der Waals surface area contributed by atoms with E-state index in [4.69, 9.17) is 9.84 Å². The average Bonchev–Trinajstić information content (AvgIpc) is 2.42. The molecule has 1 amide bonds. The van der Waals surface area contributed by atoms with E-state index in [9.17, 15) is 4.79 Å². The molecule has 19 heavy (non-hydrogen) atoms. The molecule has 0 saturated carbocycles. The van der Waals surface area contributed by atoms with Crippen molar-refractivity contribution in [3.8, 4) is 11.5 Å². The molecule has 0 aliphatic rings. The summed E-state index contributed by atoms with van der Waals surface area (Å²) in [7, 11) is 0. The Bertz CT molecular complexity index is 523. The van der Waals surface area contributed by atoms with Crippen LogP contribution in [0.2, 0.25) is 0 Å². The second-order valence-corrected chi connectivity index (χ2v) is 3.96. The molecule has 0 aromatic heterocycles. The van der Waals surface area contributed by atoms with E-state index >= 15 is 0 Å². The van der Waals surface area contributed by atoms with E-state index in [2.05, 4.69) is 5.32 Å². The number of anilines is 1. The molecule has 0 bridgehead atoms. The topological polar surface area (TPSA) is 58.6 Å². The fourth-order valence-electron chi connectivity index (χ4n) is 1.56. The van der Waals surface area contributed by atoms with E-state index in [0.29, 0.717) is 11.4 Å².